The summed E-state index contributed by atoms with van der Waals surface area (Å²) in [4.78, 5) is 4.40. The molecule has 94 valence electrons. The summed E-state index contributed by atoms with van der Waals surface area (Å²) in [5.41, 5.74) is 2.36. The number of hydrogen-bond donors (Lipinski definition) is 1. The monoisotopic (exact) mass is 242 g/mol. The van der Waals surface area contributed by atoms with Crippen molar-refractivity contribution in [1.29, 1.82) is 0 Å². The molecule has 0 radical (unpaired) electrons. The maximum Gasteiger partial charge on any atom is 0.153 e. The third-order valence-corrected chi connectivity index (χ3v) is 3.50. The van der Waals surface area contributed by atoms with Gasteiger partial charge in [-0.05, 0) is 50.6 Å². The van der Waals surface area contributed by atoms with Crippen LogP contribution in [0.15, 0.2) is 30.6 Å². The van der Waals surface area contributed by atoms with E-state index in [9.17, 15) is 0 Å². The minimum atomic E-state index is 0.595. The molecule has 3 heterocycles. The van der Waals surface area contributed by atoms with Crippen molar-refractivity contribution in [1.82, 2.24) is 20.1 Å². The van der Waals surface area contributed by atoms with Crippen LogP contribution in [0.4, 0.5) is 0 Å². The van der Waals surface area contributed by atoms with Gasteiger partial charge in [-0.15, -0.1) is 0 Å². The Hall–Kier alpha value is -1.68. The Morgan fingerprint density at radius 2 is 2.06 bits per heavy atom. The molecule has 0 aromatic carbocycles. The van der Waals surface area contributed by atoms with Crippen molar-refractivity contribution < 1.29 is 0 Å². The second-order valence-corrected chi connectivity index (χ2v) is 4.90. The van der Waals surface area contributed by atoms with E-state index in [0.29, 0.717) is 5.92 Å². The lowest BCUT2D eigenvalue weighted by Crippen LogP contribution is -2.26. The molecule has 1 N–H and O–H groups in total. The van der Waals surface area contributed by atoms with Crippen LogP contribution in [0, 0.1) is 6.92 Å². The molecule has 1 aliphatic heterocycles. The lowest BCUT2D eigenvalue weighted by atomic mass is 9.95. The summed E-state index contributed by atoms with van der Waals surface area (Å²) in [6.07, 6.45) is 6.24. The van der Waals surface area contributed by atoms with Gasteiger partial charge >= 0.3 is 0 Å². The molecular weight excluding hydrogens is 224 g/mol. The molecule has 0 aliphatic carbocycles. The van der Waals surface area contributed by atoms with Gasteiger partial charge in [0.25, 0.3) is 0 Å². The third-order valence-electron chi connectivity index (χ3n) is 3.50. The lowest BCUT2D eigenvalue weighted by molar-refractivity contribution is 0.451. The summed E-state index contributed by atoms with van der Waals surface area (Å²) >= 11 is 0. The molecule has 0 atom stereocenters. The zero-order chi connectivity index (χ0) is 12.4. The number of hydrogen-bond acceptors (Lipinski definition) is 3. The van der Waals surface area contributed by atoms with E-state index in [1.165, 1.54) is 24.1 Å². The molecule has 0 bridgehead atoms. The van der Waals surface area contributed by atoms with Crippen LogP contribution >= 0.6 is 0 Å². The highest BCUT2D eigenvalue weighted by atomic mass is 15.3. The summed E-state index contributed by atoms with van der Waals surface area (Å²) in [5.74, 6) is 1.48. The van der Waals surface area contributed by atoms with E-state index in [0.717, 1.165) is 18.9 Å². The number of nitrogens with zero attached hydrogens (tertiary/aromatic N) is 3. The van der Waals surface area contributed by atoms with E-state index in [1.807, 2.05) is 30.1 Å². The Labute approximate surface area is 107 Å². The van der Waals surface area contributed by atoms with E-state index in [2.05, 4.69) is 27.5 Å². The predicted molar refractivity (Wildman–Crippen MR) is 70.9 cm³/mol. The van der Waals surface area contributed by atoms with Gasteiger partial charge in [-0.3, -0.25) is 0 Å². The average Bonchev–Trinajstić information content (AvgIpc) is 2.90. The first-order valence-electron chi connectivity index (χ1n) is 6.52. The molecular formula is C14H18N4. The van der Waals surface area contributed by atoms with E-state index >= 15 is 0 Å². The number of aryl methyl sites for hydroxylation is 1. The van der Waals surface area contributed by atoms with Crippen LogP contribution in [0.25, 0.3) is 5.82 Å². The number of nitrogens with one attached hydrogen (secondary N) is 1. The van der Waals surface area contributed by atoms with Crippen LogP contribution in [0.3, 0.4) is 0 Å². The van der Waals surface area contributed by atoms with Crippen molar-refractivity contribution in [3.8, 4) is 5.82 Å². The minimum Gasteiger partial charge on any atom is -0.317 e. The van der Waals surface area contributed by atoms with Gasteiger partial charge < -0.3 is 5.32 Å². The van der Waals surface area contributed by atoms with Gasteiger partial charge in [-0.25, -0.2) is 9.67 Å². The largest absolute Gasteiger partial charge is 0.317 e. The molecule has 2 aromatic rings. The summed E-state index contributed by atoms with van der Waals surface area (Å²) in [5, 5.41) is 8.04. The molecule has 1 fully saturated rings. The summed E-state index contributed by atoms with van der Waals surface area (Å²) in [6.45, 7) is 4.24. The normalized spacial score (nSPS) is 16.9. The van der Waals surface area contributed by atoms with Crippen LogP contribution < -0.4 is 5.32 Å². The smallest absolute Gasteiger partial charge is 0.153 e. The maximum absolute atomic E-state index is 4.66. The molecule has 2 aromatic heterocycles. The molecule has 1 saturated heterocycles. The summed E-state index contributed by atoms with van der Waals surface area (Å²) in [7, 11) is 0. The van der Waals surface area contributed by atoms with Gasteiger partial charge in [0, 0.05) is 18.3 Å². The van der Waals surface area contributed by atoms with E-state index in [4.69, 9.17) is 0 Å². The molecule has 4 heteroatoms. The second-order valence-electron chi connectivity index (χ2n) is 4.90. The van der Waals surface area contributed by atoms with Crippen LogP contribution in [0.5, 0.6) is 0 Å². The molecule has 1 aliphatic rings. The molecule has 3 rings (SSSR count). The fourth-order valence-electron chi connectivity index (χ4n) is 2.40. The zero-order valence-electron chi connectivity index (χ0n) is 10.6. The van der Waals surface area contributed by atoms with Crippen molar-refractivity contribution in [3.05, 3.63) is 41.9 Å². The van der Waals surface area contributed by atoms with Gasteiger partial charge in [0.15, 0.2) is 5.82 Å². The van der Waals surface area contributed by atoms with E-state index in [1.54, 1.807) is 0 Å². The van der Waals surface area contributed by atoms with Gasteiger partial charge in [0.1, 0.15) is 0 Å². The topological polar surface area (TPSA) is 42.7 Å². The molecule has 0 saturated carbocycles. The fraction of sp³-hybridized carbons (Fsp3) is 0.429. The number of rotatable bonds is 2. The van der Waals surface area contributed by atoms with Gasteiger partial charge in [0.2, 0.25) is 0 Å². The second kappa shape index (κ2) is 4.90. The highest BCUT2D eigenvalue weighted by molar-refractivity contribution is 5.25. The molecule has 0 unspecified atom stereocenters. The lowest BCUT2D eigenvalue weighted by Gasteiger charge is -2.20. The fourth-order valence-corrected chi connectivity index (χ4v) is 2.40. The molecule has 18 heavy (non-hydrogen) atoms. The van der Waals surface area contributed by atoms with Crippen molar-refractivity contribution in [2.24, 2.45) is 0 Å². The Balaban J connectivity index is 1.82. The van der Waals surface area contributed by atoms with Gasteiger partial charge in [-0.1, -0.05) is 6.07 Å². The Kier molecular flexibility index (Phi) is 3.11. The Morgan fingerprint density at radius 1 is 1.22 bits per heavy atom. The Morgan fingerprint density at radius 3 is 2.78 bits per heavy atom. The first-order chi connectivity index (χ1) is 8.83. The first-order valence-corrected chi connectivity index (χ1v) is 6.52. The minimum absolute atomic E-state index is 0.595. The average molecular weight is 242 g/mol. The SMILES string of the molecule is Cc1ccc(-n2ccc(C3CCNCC3)n2)nc1. The van der Waals surface area contributed by atoms with Crippen molar-refractivity contribution >= 4 is 0 Å². The van der Waals surface area contributed by atoms with Crippen molar-refractivity contribution in [2.75, 3.05) is 13.1 Å². The first kappa shape index (κ1) is 11.4. The summed E-state index contributed by atoms with van der Waals surface area (Å²) in [6, 6.07) is 6.19. The third kappa shape index (κ3) is 2.29. The van der Waals surface area contributed by atoms with Crippen LogP contribution in [-0.4, -0.2) is 27.9 Å². The quantitative estimate of drug-likeness (QED) is 0.876. The predicted octanol–water partition coefficient (Wildman–Crippen LogP) is 2.04. The van der Waals surface area contributed by atoms with Crippen molar-refractivity contribution in [2.45, 2.75) is 25.7 Å². The van der Waals surface area contributed by atoms with Crippen molar-refractivity contribution in [3.63, 3.8) is 0 Å². The highest BCUT2D eigenvalue weighted by Crippen LogP contribution is 2.23. The van der Waals surface area contributed by atoms with E-state index < -0.39 is 0 Å². The molecule has 0 amide bonds. The standard InChI is InChI=1S/C14H18N4/c1-11-2-3-14(16-10-11)18-9-6-13(17-18)12-4-7-15-8-5-12/h2-3,6,9-10,12,15H,4-5,7-8H2,1H3. The maximum atomic E-state index is 4.66. The molecule has 4 nitrogen and oxygen atoms in total. The molecule has 0 spiro atoms. The van der Waals surface area contributed by atoms with Crippen LogP contribution in [-0.2, 0) is 0 Å². The van der Waals surface area contributed by atoms with Crippen LogP contribution in [0.1, 0.15) is 30.0 Å². The number of pyridine rings is 1. The number of piperidine rings is 1. The van der Waals surface area contributed by atoms with Gasteiger partial charge in [-0.2, -0.15) is 5.10 Å². The number of aromatic nitrogens is 3. The highest BCUT2D eigenvalue weighted by Gasteiger charge is 2.17. The summed E-state index contributed by atoms with van der Waals surface area (Å²) < 4.78 is 1.87. The zero-order valence-corrected chi connectivity index (χ0v) is 10.6. The van der Waals surface area contributed by atoms with Crippen LogP contribution in [0.2, 0.25) is 0 Å². The van der Waals surface area contributed by atoms with E-state index in [-0.39, 0.29) is 0 Å². The van der Waals surface area contributed by atoms with Gasteiger partial charge in [0.05, 0.1) is 5.69 Å². The Bertz CT molecular complexity index is 509.